The largest absolute Gasteiger partial charge is 0.486 e. The van der Waals surface area contributed by atoms with E-state index >= 15 is 0 Å². The summed E-state index contributed by atoms with van der Waals surface area (Å²) < 4.78 is 45.9. The molecule has 17 heteroatoms. The molecular formula is C37H31Cl4F2N3O8. The van der Waals surface area contributed by atoms with Crippen molar-refractivity contribution in [2.45, 2.75) is 47.3 Å². The third kappa shape index (κ3) is 11.3. The van der Waals surface area contributed by atoms with Gasteiger partial charge in [0.25, 0.3) is 5.91 Å². The predicted molar refractivity (Wildman–Crippen MR) is 200 cm³/mol. The Morgan fingerprint density at radius 2 is 1.06 bits per heavy atom. The number of esters is 2. The van der Waals surface area contributed by atoms with E-state index in [-0.39, 0.29) is 78.4 Å². The molecule has 0 heterocycles. The molecule has 0 radical (unpaired) electrons. The number of rotatable bonds is 13. The van der Waals surface area contributed by atoms with E-state index in [1.807, 2.05) is 0 Å². The van der Waals surface area contributed by atoms with Crippen LogP contribution in [0.1, 0.15) is 52.0 Å². The summed E-state index contributed by atoms with van der Waals surface area (Å²) in [4.78, 5) is 60.4. The lowest BCUT2D eigenvalue weighted by atomic mass is 10.1. The van der Waals surface area contributed by atoms with Crippen LogP contribution in [-0.2, 0) is 43.5 Å². The molecule has 0 unspecified atom stereocenters. The van der Waals surface area contributed by atoms with Crippen LogP contribution in [0.2, 0.25) is 20.1 Å². The van der Waals surface area contributed by atoms with Crippen LogP contribution >= 0.6 is 46.4 Å². The molecule has 0 bridgehead atoms. The number of carbonyl (C=O) groups is 5. The Morgan fingerprint density at radius 1 is 0.630 bits per heavy atom. The Kier molecular flexibility index (Phi) is 14.2. The van der Waals surface area contributed by atoms with Crippen LogP contribution in [0.25, 0.3) is 0 Å². The smallest absolute Gasteiger partial charge is 0.333 e. The van der Waals surface area contributed by atoms with Crippen molar-refractivity contribution < 1.29 is 47.0 Å². The third-order valence-corrected chi connectivity index (χ3v) is 8.36. The fourth-order valence-corrected chi connectivity index (χ4v) is 6.30. The number of aryl methyl sites for hydroxylation is 2. The maximum atomic E-state index is 14.9. The molecule has 3 N–H and O–H groups in total. The van der Waals surface area contributed by atoms with E-state index in [2.05, 4.69) is 16.0 Å². The van der Waals surface area contributed by atoms with Crippen molar-refractivity contribution in [3.63, 3.8) is 0 Å². The summed E-state index contributed by atoms with van der Waals surface area (Å²) in [5, 5.41) is 6.92. The summed E-state index contributed by atoms with van der Waals surface area (Å²) in [6.07, 6.45) is -0.431. The summed E-state index contributed by atoms with van der Waals surface area (Å²) in [7, 11) is 0. The Balaban J connectivity index is 1.30. The molecule has 11 nitrogen and oxygen atoms in total. The number of ether oxygens (including phenoxy) is 3. The number of carbonyl (C=O) groups excluding carboxylic acids is 5. The van der Waals surface area contributed by atoms with Gasteiger partial charge in [0.1, 0.15) is 19.8 Å². The van der Waals surface area contributed by atoms with Crippen molar-refractivity contribution >= 4 is 87.4 Å². The first-order valence-corrected chi connectivity index (χ1v) is 17.3. The molecule has 0 aliphatic rings. The summed E-state index contributed by atoms with van der Waals surface area (Å²) >= 11 is 25.3. The van der Waals surface area contributed by atoms with Gasteiger partial charge in [-0.15, -0.1) is 0 Å². The first-order valence-electron chi connectivity index (χ1n) is 15.8. The Bertz CT molecular complexity index is 2120. The van der Waals surface area contributed by atoms with Crippen LogP contribution in [0, 0.1) is 25.5 Å². The second-order valence-corrected chi connectivity index (χ2v) is 13.5. The normalized spacial score (nSPS) is 10.7. The molecule has 3 amide bonds. The lowest BCUT2D eigenvalue weighted by Gasteiger charge is -2.14. The summed E-state index contributed by atoms with van der Waals surface area (Å²) in [5.74, 6) is -5.17. The SMILES string of the molecule is CC(=O)Nc1cc(C)cc(COc2c(Cl)cc(CC(=O)OC(=O)CNC(=O)c3cc(Cl)c(OCc4cc(C)cc(NC(C)=O)c4F)c(Cl)c3)cc2Cl)c1F. The summed E-state index contributed by atoms with van der Waals surface area (Å²) in [6.45, 7) is 4.64. The fourth-order valence-electron chi connectivity index (χ4n) is 5.06. The molecule has 0 aliphatic carbocycles. The minimum absolute atomic E-state index is 0.00786. The Labute approximate surface area is 328 Å². The summed E-state index contributed by atoms with van der Waals surface area (Å²) in [6, 6.07) is 11.1. The molecule has 4 aromatic carbocycles. The fraction of sp³-hybridized carbons (Fsp3) is 0.216. The highest BCUT2D eigenvalue weighted by molar-refractivity contribution is 6.38. The van der Waals surface area contributed by atoms with Gasteiger partial charge in [0.05, 0.1) is 37.9 Å². The highest BCUT2D eigenvalue weighted by Gasteiger charge is 2.20. The van der Waals surface area contributed by atoms with Gasteiger partial charge in [-0.3, -0.25) is 19.2 Å². The minimum Gasteiger partial charge on any atom is -0.486 e. The van der Waals surface area contributed by atoms with Gasteiger partial charge >= 0.3 is 11.9 Å². The van der Waals surface area contributed by atoms with Crippen molar-refractivity contribution in [2.24, 2.45) is 0 Å². The van der Waals surface area contributed by atoms with Crippen molar-refractivity contribution in [3.05, 3.63) is 114 Å². The van der Waals surface area contributed by atoms with Gasteiger partial charge in [0, 0.05) is 30.5 Å². The van der Waals surface area contributed by atoms with Gasteiger partial charge in [0.2, 0.25) is 11.8 Å². The van der Waals surface area contributed by atoms with Crippen LogP contribution < -0.4 is 25.4 Å². The lowest BCUT2D eigenvalue weighted by Crippen LogP contribution is -2.32. The quantitative estimate of drug-likeness (QED) is 0.0901. The van der Waals surface area contributed by atoms with Crippen molar-refractivity contribution in [2.75, 3.05) is 17.2 Å². The molecule has 0 fully saturated rings. The van der Waals surface area contributed by atoms with Gasteiger partial charge in [-0.05, 0) is 79.1 Å². The topological polar surface area (TPSA) is 149 Å². The van der Waals surface area contributed by atoms with Crippen LogP contribution in [0.4, 0.5) is 20.2 Å². The van der Waals surface area contributed by atoms with E-state index in [0.29, 0.717) is 11.1 Å². The van der Waals surface area contributed by atoms with Crippen LogP contribution in [0.5, 0.6) is 11.5 Å². The highest BCUT2D eigenvalue weighted by Crippen LogP contribution is 2.37. The average molecular weight is 825 g/mol. The number of amides is 3. The molecular weight excluding hydrogens is 794 g/mol. The molecule has 0 atom stereocenters. The molecule has 4 aromatic rings. The number of hydrogen-bond donors (Lipinski definition) is 3. The number of hydrogen-bond acceptors (Lipinski definition) is 8. The number of halogens is 6. The van der Waals surface area contributed by atoms with Crippen molar-refractivity contribution in [1.82, 2.24) is 5.32 Å². The highest BCUT2D eigenvalue weighted by atomic mass is 35.5. The Hall–Kier alpha value is -4.95. The van der Waals surface area contributed by atoms with Gasteiger partial charge in [0.15, 0.2) is 23.1 Å². The second-order valence-electron chi connectivity index (χ2n) is 11.9. The maximum absolute atomic E-state index is 14.9. The van der Waals surface area contributed by atoms with E-state index in [9.17, 15) is 32.8 Å². The van der Waals surface area contributed by atoms with E-state index in [1.165, 1.54) is 62.4 Å². The molecule has 0 saturated carbocycles. The van der Waals surface area contributed by atoms with E-state index in [4.69, 9.17) is 60.6 Å². The van der Waals surface area contributed by atoms with E-state index in [1.54, 1.807) is 13.8 Å². The van der Waals surface area contributed by atoms with Crippen LogP contribution in [-0.4, -0.2) is 36.2 Å². The minimum atomic E-state index is -1.08. The number of anilines is 2. The number of benzene rings is 4. The molecule has 284 valence electrons. The molecule has 0 spiro atoms. The zero-order valence-corrected chi connectivity index (χ0v) is 32.0. The van der Waals surface area contributed by atoms with Crippen molar-refractivity contribution in [1.29, 1.82) is 0 Å². The van der Waals surface area contributed by atoms with Crippen LogP contribution in [0.3, 0.4) is 0 Å². The van der Waals surface area contributed by atoms with E-state index < -0.39 is 54.3 Å². The Morgan fingerprint density at radius 3 is 1.48 bits per heavy atom. The molecule has 0 aliphatic heterocycles. The summed E-state index contributed by atoms with van der Waals surface area (Å²) in [5.41, 5.74) is 1.75. The van der Waals surface area contributed by atoms with Gasteiger partial charge in [-0.1, -0.05) is 46.4 Å². The zero-order valence-electron chi connectivity index (χ0n) is 29.0. The van der Waals surface area contributed by atoms with Gasteiger partial charge < -0.3 is 30.2 Å². The first-order chi connectivity index (χ1) is 25.4. The first kappa shape index (κ1) is 41.8. The molecule has 0 aromatic heterocycles. The van der Waals surface area contributed by atoms with Crippen molar-refractivity contribution in [3.8, 4) is 11.5 Å². The standard InChI is InChI=1S/C37H31Cl4F2N3O8/c1-17-5-23(33(42)29(7-17)45-19(3)47)15-52-35-25(38)9-21(10-26(35)39)11-31(49)54-32(50)14-44-37(51)22-12-27(40)36(28(41)13-22)53-16-24-6-18(2)8-30(34(24)43)46-20(4)48/h5-10,12-13H,11,14-16H2,1-4H3,(H,44,51)(H,45,47)(H,46,48). The predicted octanol–water partition coefficient (Wildman–Crippen LogP) is 8.31. The van der Waals surface area contributed by atoms with Gasteiger partial charge in [-0.2, -0.15) is 0 Å². The second kappa shape index (κ2) is 18.4. The molecule has 4 rings (SSSR count). The van der Waals surface area contributed by atoms with E-state index in [0.717, 1.165) is 0 Å². The average Bonchev–Trinajstić information content (AvgIpc) is 3.06. The van der Waals surface area contributed by atoms with Gasteiger partial charge in [-0.25, -0.2) is 13.6 Å². The number of nitrogens with one attached hydrogen (secondary N) is 3. The lowest BCUT2D eigenvalue weighted by molar-refractivity contribution is -0.158. The van der Waals surface area contributed by atoms with Crippen LogP contribution in [0.15, 0.2) is 48.5 Å². The monoisotopic (exact) mass is 823 g/mol. The molecule has 54 heavy (non-hydrogen) atoms. The third-order valence-electron chi connectivity index (χ3n) is 7.24. The molecule has 0 saturated heterocycles. The zero-order chi connectivity index (χ0) is 39.9. The maximum Gasteiger partial charge on any atom is 0.333 e.